The van der Waals surface area contributed by atoms with E-state index in [4.69, 9.17) is 9.68 Å². The molecule has 0 atom stereocenters. The molecule has 0 spiro atoms. The summed E-state index contributed by atoms with van der Waals surface area (Å²) in [5.74, 6) is 4.14. The number of nitrogens with zero attached hydrogens (tertiary/aromatic N) is 2. The Bertz CT molecular complexity index is 518. The maximum Gasteiger partial charge on any atom is 0.206 e. The van der Waals surface area contributed by atoms with Crippen LogP contribution in [0.3, 0.4) is 0 Å². The molecule has 4 aliphatic rings. The van der Waals surface area contributed by atoms with Crippen molar-refractivity contribution in [3.63, 3.8) is 0 Å². The molecule has 5 rings (SSSR count). The highest BCUT2D eigenvalue weighted by Gasteiger charge is 2.53. The van der Waals surface area contributed by atoms with Crippen LogP contribution in [0.25, 0.3) is 0 Å². The Kier molecular flexibility index (Phi) is 2.64. The molecule has 0 aliphatic heterocycles. The smallest absolute Gasteiger partial charge is 0.206 e. The normalized spacial score (nSPS) is 37.9. The van der Waals surface area contributed by atoms with Crippen molar-refractivity contribution in [1.82, 2.24) is 0 Å². The Labute approximate surface area is 120 Å². The first-order valence-corrected chi connectivity index (χ1v) is 8.00. The molecule has 0 aromatic carbocycles. The van der Waals surface area contributed by atoms with Gasteiger partial charge in [-0.15, -0.1) is 0 Å². The van der Waals surface area contributed by atoms with Crippen LogP contribution in [-0.4, -0.2) is 12.1 Å². The molecule has 0 radical (unpaired) electrons. The number of rotatable bonds is 3. The van der Waals surface area contributed by atoms with E-state index in [0.717, 1.165) is 30.2 Å². The third-order valence-electron chi connectivity index (χ3n) is 5.86. The molecule has 1 heterocycles. The van der Waals surface area contributed by atoms with Gasteiger partial charge in [0, 0.05) is 18.2 Å². The monoisotopic (exact) mass is 270 g/mol. The van der Waals surface area contributed by atoms with E-state index in [0.29, 0.717) is 11.3 Å². The van der Waals surface area contributed by atoms with Gasteiger partial charge in [0.25, 0.3) is 0 Å². The zero-order valence-corrected chi connectivity index (χ0v) is 12.1. The summed E-state index contributed by atoms with van der Waals surface area (Å²) in [6.45, 7) is 3.19. The van der Waals surface area contributed by atoms with Crippen LogP contribution in [0.2, 0.25) is 0 Å². The van der Waals surface area contributed by atoms with Gasteiger partial charge < -0.3 is 9.32 Å². The standard InChI is InChI=1S/C17H22N2O/c1-2-19(16-4-3-15(11-18)20-16)17-8-12-5-13(9-17)7-14(6-12)10-17/h3-4,12-14H,2,5-10H2,1H3. The van der Waals surface area contributed by atoms with Crippen molar-refractivity contribution in [3.05, 3.63) is 17.9 Å². The summed E-state index contributed by atoms with van der Waals surface area (Å²) in [7, 11) is 0. The fourth-order valence-electron chi connectivity index (χ4n) is 5.65. The first kappa shape index (κ1) is 12.3. The predicted molar refractivity (Wildman–Crippen MR) is 77.3 cm³/mol. The molecule has 1 aromatic heterocycles. The van der Waals surface area contributed by atoms with Crippen molar-refractivity contribution in [2.75, 3.05) is 11.4 Å². The molecule has 3 heteroatoms. The summed E-state index contributed by atoms with van der Waals surface area (Å²) in [6, 6.07) is 5.90. The fraction of sp³-hybridized carbons (Fsp3) is 0.706. The molecule has 4 saturated carbocycles. The number of hydrogen-bond acceptors (Lipinski definition) is 3. The van der Waals surface area contributed by atoms with Crippen LogP contribution < -0.4 is 4.90 Å². The van der Waals surface area contributed by atoms with Gasteiger partial charge in [-0.1, -0.05) is 0 Å². The van der Waals surface area contributed by atoms with Crippen molar-refractivity contribution in [2.45, 2.75) is 51.0 Å². The molecule has 4 aliphatic carbocycles. The minimum absolute atomic E-state index is 0.314. The van der Waals surface area contributed by atoms with E-state index in [9.17, 15) is 0 Å². The van der Waals surface area contributed by atoms with Crippen molar-refractivity contribution in [2.24, 2.45) is 17.8 Å². The molecule has 106 valence electrons. The lowest BCUT2D eigenvalue weighted by atomic mass is 9.52. The lowest BCUT2D eigenvalue weighted by Gasteiger charge is -2.60. The molecule has 4 fully saturated rings. The number of nitriles is 1. The zero-order valence-electron chi connectivity index (χ0n) is 12.1. The molecular formula is C17H22N2O. The molecule has 1 aromatic rings. The maximum atomic E-state index is 8.98. The van der Waals surface area contributed by atoms with Crippen LogP contribution in [0, 0.1) is 29.1 Å². The molecule has 0 saturated heterocycles. The third-order valence-corrected chi connectivity index (χ3v) is 5.86. The van der Waals surface area contributed by atoms with Crippen molar-refractivity contribution in [3.8, 4) is 6.07 Å². The van der Waals surface area contributed by atoms with Crippen LogP contribution in [0.1, 0.15) is 51.2 Å². The van der Waals surface area contributed by atoms with Crippen molar-refractivity contribution >= 4 is 5.88 Å². The van der Waals surface area contributed by atoms with Gasteiger partial charge in [-0.05, 0) is 69.3 Å². The second kappa shape index (κ2) is 4.28. The lowest BCUT2D eigenvalue weighted by molar-refractivity contribution is -0.00538. The summed E-state index contributed by atoms with van der Waals surface area (Å²) in [5, 5.41) is 8.98. The third kappa shape index (κ3) is 1.70. The Morgan fingerprint density at radius 1 is 1.20 bits per heavy atom. The summed E-state index contributed by atoms with van der Waals surface area (Å²) in [6.07, 6.45) is 8.36. The molecular weight excluding hydrogens is 248 g/mol. The van der Waals surface area contributed by atoms with Crippen LogP contribution in [0.5, 0.6) is 0 Å². The first-order valence-electron chi connectivity index (χ1n) is 8.00. The number of anilines is 1. The summed E-state index contributed by atoms with van der Waals surface area (Å²) < 4.78 is 5.74. The topological polar surface area (TPSA) is 40.2 Å². The summed E-state index contributed by atoms with van der Waals surface area (Å²) in [5.41, 5.74) is 0.314. The van der Waals surface area contributed by atoms with E-state index in [1.807, 2.05) is 6.07 Å². The number of hydrogen-bond donors (Lipinski definition) is 0. The lowest BCUT2D eigenvalue weighted by Crippen LogP contribution is -2.60. The molecule has 20 heavy (non-hydrogen) atoms. The SMILES string of the molecule is CCN(c1ccc(C#N)o1)C12CC3CC(CC(C3)C1)C2. The Balaban J connectivity index is 1.69. The van der Waals surface area contributed by atoms with Gasteiger partial charge in [-0.2, -0.15) is 5.26 Å². The predicted octanol–water partition coefficient (Wildman–Crippen LogP) is 3.95. The molecule has 0 N–H and O–H groups in total. The van der Waals surface area contributed by atoms with Gasteiger partial charge in [0.2, 0.25) is 5.76 Å². The quantitative estimate of drug-likeness (QED) is 0.835. The average Bonchev–Trinajstić information content (AvgIpc) is 2.86. The largest absolute Gasteiger partial charge is 0.430 e. The van der Waals surface area contributed by atoms with E-state index in [-0.39, 0.29) is 0 Å². The highest BCUT2D eigenvalue weighted by molar-refractivity contribution is 5.43. The minimum Gasteiger partial charge on any atom is -0.430 e. The maximum absolute atomic E-state index is 8.98. The number of furan rings is 1. The Morgan fingerprint density at radius 2 is 1.80 bits per heavy atom. The minimum atomic E-state index is 0.314. The highest BCUT2D eigenvalue weighted by atomic mass is 16.4. The van der Waals surface area contributed by atoms with Gasteiger partial charge >= 0.3 is 0 Å². The van der Waals surface area contributed by atoms with Gasteiger partial charge in [0.05, 0.1) is 0 Å². The van der Waals surface area contributed by atoms with Crippen LogP contribution in [0.4, 0.5) is 5.88 Å². The average molecular weight is 270 g/mol. The Hall–Kier alpha value is -1.43. The van der Waals surface area contributed by atoms with Gasteiger partial charge in [-0.3, -0.25) is 0 Å². The Morgan fingerprint density at radius 3 is 2.25 bits per heavy atom. The van der Waals surface area contributed by atoms with Crippen LogP contribution in [0.15, 0.2) is 16.5 Å². The fourth-order valence-corrected chi connectivity index (χ4v) is 5.65. The van der Waals surface area contributed by atoms with Gasteiger partial charge in [0.1, 0.15) is 6.07 Å². The van der Waals surface area contributed by atoms with Gasteiger partial charge in [0.15, 0.2) is 5.88 Å². The van der Waals surface area contributed by atoms with Crippen molar-refractivity contribution < 1.29 is 4.42 Å². The first-order chi connectivity index (χ1) is 9.72. The van der Waals surface area contributed by atoms with Crippen molar-refractivity contribution in [1.29, 1.82) is 5.26 Å². The van der Waals surface area contributed by atoms with E-state index < -0.39 is 0 Å². The second-order valence-corrected chi connectivity index (χ2v) is 7.14. The van der Waals surface area contributed by atoms with Crippen LogP contribution >= 0.6 is 0 Å². The summed E-state index contributed by atoms with van der Waals surface area (Å²) >= 11 is 0. The van der Waals surface area contributed by atoms with E-state index >= 15 is 0 Å². The summed E-state index contributed by atoms with van der Waals surface area (Å²) in [4.78, 5) is 2.47. The van der Waals surface area contributed by atoms with Gasteiger partial charge in [-0.25, -0.2) is 0 Å². The highest BCUT2D eigenvalue weighted by Crippen LogP contribution is 2.58. The molecule has 0 unspecified atom stereocenters. The second-order valence-electron chi connectivity index (χ2n) is 7.14. The van der Waals surface area contributed by atoms with E-state index in [2.05, 4.69) is 17.9 Å². The molecule has 4 bridgehead atoms. The molecule has 3 nitrogen and oxygen atoms in total. The van der Waals surface area contributed by atoms with Crippen LogP contribution in [-0.2, 0) is 0 Å². The van der Waals surface area contributed by atoms with E-state index in [1.165, 1.54) is 38.5 Å². The molecule has 0 amide bonds. The van der Waals surface area contributed by atoms with E-state index in [1.54, 1.807) is 6.07 Å². The zero-order chi connectivity index (χ0) is 13.7.